The average Bonchev–Trinajstić information content (AvgIpc) is 2.74. The summed E-state index contributed by atoms with van der Waals surface area (Å²) in [6, 6.07) is 7.87. The van der Waals surface area contributed by atoms with E-state index in [2.05, 4.69) is 27.9 Å². The number of nitrogens with zero attached hydrogens (tertiary/aromatic N) is 3. The third-order valence-corrected chi connectivity index (χ3v) is 3.52. The summed E-state index contributed by atoms with van der Waals surface area (Å²) in [6.07, 6.45) is 2.12. The summed E-state index contributed by atoms with van der Waals surface area (Å²) in [4.78, 5) is 0. The van der Waals surface area contributed by atoms with E-state index < -0.39 is 0 Å². The fraction of sp³-hybridized carbons (Fsp3) is 0.200. The maximum absolute atomic E-state index is 5.74. The van der Waals surface area contributed by atoms with Gasteiger partial charge in [0.15, 0.2) is 0 Å². The van der Waals surface area contributed by atoms with Crippen LogP contribution >= 0.6 is 0 Å². The zero-order valence-corrected chi connectivity index (χ0v) is 11.3. The Morgan fingerprint density at radius 1 is 0.947 bits per heavy atom. The van der Waals surface area contributed by atoms with Crippen LogP contribution in [-0.4, -0.2) is 14.8 Å². The van der Waals surface area contributed by atoms with Crippen molar-refractivity contribution >= 4 is 16.5 Å². The van der Waals surface area contributed by atoms with Crippen LogP contribution < -0.4 is 5.73 Å². The molecule has 0 fully saturated rings. The molecule has 0 spiro atoms. The first-order chi connectivity index (χ1) is 9.08. The van der Waals surface area contributed by atoms with E-state index in [0.29, 0.717) is 0 Å². The first-order valence-electron chi connectivity index (χ1n) is 6.25. The van der Waals surface area contributed by atoms with Gasteiger partial charge in [0.05, 0.1) is 11.4 Å². The van der Waals surface area contributed by atoms with E-state index in [1.165, 1.54) is 11.1 Å². The fourth-order valence-corrected chi connectivity index (χ4v) is 2.49. The number of rotatable bonds is 1. The molecule has 0 amide bonds. The van der Waals surface area contributed by atoms with Crippen molar-refractivity contribution in [2.75, 3.05) is 5.73 Å². The Kier molecular flexibility index (Phi) is 2.52. The van der Waals surface area contributed by atoms with Crippen molar-refractivity contribution in [3.05, 3.63) is 47.5 Å². The minimum Gasteiger partial charge on any atom is -0.399 e. The summed E-state index contributed by atoms with van der Waals surface area (Å²) in [5.41, 5.74) is 10.7. The first kappa shape index (κ1) is 11.7. The lowest BCUT2D eigenvalue weighted by Crippen LogP contribution is -1.95. The summed E-state index contributed by atoms with van der Waals surface area (Å²) >= 11 is 0. The number of aromatic nitrogens is 3. The van der Waals surface area contributed by atoms with Gasteiger partial charge < -0.3 is 10.3 Å². The van der Waals surface area contributed by atoms with Crippen molar-refractivity contribution in [1.82, 2.24) is 14.8 Å². The van der Waals surface area contributed by atoms with Gasteiger partial charge in [0.2, 0.25) is 0 Å². The van der Waals surface area contributed by atoms with Gasteiger partial charge in [-0.3, -0.25) is 0 Å². The van der Waals surface area contributed by atoms with Crippen molar-refractivity contribution in [3.8, 4) is 5.69 Å². The van der Waals surface area contributed by atoms with Crippen molar-refractivity contribution in [2.45, 2.75) is 20.8 Å². The molecule has 2 N–H and O–H groups in total. The van der Waals surface area contributed by atoms with Crippen LogP contribution in [0.15, 0.2) is 30.5 Å². The van der Waals surface area contributed by atoms with E-state index in [-0.39, 0.29) is 0 Å². The van der Waals surface area contributed by atoms with Gasteiger partial charge in [-0.2, -0.15) is 10.2 Å². The van der Waals surface area contributed by atoms with Crippen LogP contribution in [0.1, 0.15) is 17.1 Å². The second-order valence-corrected chi connectivity index (χ2v) is 4.84. The summed E-state index contributed by atoms with van der Waals surface area (Å²) < 4.78 is 2.16. The van der Waals surface area contributed by atoms with Gasteiger partial charge in [-0.25, -0.2) is 0 Å². The Balaban J connectivity index is 2.31. The van der Waals surface area contributed by atoms with Gasteiger partial charge in [-0.15, -0.1) is 0 Å². The second-order valence-electron chi connectivity index (χ2n) is 4.84. The normalized spacial score (nSPS) is 11.1. The molecule has 4 heteroatoms. The lowest BCUT2D eigenvalue weighted by Gasteiger charge is -2.06. The van der Waals surface area contributed by atoms with Gasteiger partial charge in [0.25, 0.3) is 0 Å². The van der Waals surface area contributed by atoms with E-state index in [4.69, 9.17) is 5.73 Å². The van der Waals surface area contributed by atoms with Crippen LogP contribution in [-0.2, 0) is 0 Å². The number of nitrogen functional groups attached to an aromatic ring is 1. The molecule has 4 nitrogen and oxygen atoms in total. The number of aryl methyl sites for hydroxylation is 3. The zero-order chi connectivity index (χ0) is 13.6. The molecule has 0 saturated heterocycles. The molecule has 3 rings (SSSR count). The quantitative estimate of drug-likeness (QED) is 0.677. The highest BCUT2D eigenvalue weighted by Gasteiger charge is 2.12. The molecule has 0 aliphatic carbocycles. The van der Waals surface area contributed by atoms with Gasteiger partial charge >= 0.3 is 0 Å². The molecule has 0 unspecified atom stereocenters. The van der Waals surface area contributed by atoms with Crippen LogP contribution in [0, 0.1) is 20.8 Å². The predicted molar refractivity (Wildman–Crippen MR) is 77.5 cm³/mol. The van der Waals surface area contributed by atoms with Crippen LogP contribution in [0.2, 0.25) is 0 Å². The number of fused-ring (bicyclic) bond motifs is 1. The van der Waals surface area contributed by atoms with Crippen LogP contribution in [0.4, 0.5) is 5.69 Å². The smallest absolute Gasteiger partial charge is 0.0696 e. The van der Waals surface area contributed by atoms with Crippen molar-refractivity contribution < 1.29 is 0 Å². The predicted octanol–water partition coefficient (Wildman–Crippen LogP) is 2.93. The van der Waals surface area contributed by atoms with Crippen LogP contribution in [0.3, 0.4) is 0 Å². The third-order valence-electron chi connectivity index (χ3n) is 3.52. The topological polar surface area (TPSA) is 56.7 Å². The highest BCUT2D eigenvalue weighted by molar-refractivity contribution is 5.89. The lowest BCUT2D eigenvalue weighted by atomic mass is 10.1. The van der Waals surface area contributed by atoms with E-state index in [1.54, 1.807) is 0 Å². The van der Waals surface area contributed by atoms with E-state index in [1.807, 2.05) is 38.1 Å². The van der Waals surface area contributed by atoms with E-state index in [0.717, 1.165) is 28.1 Å². The zero-order valence-electron chi connectivity index (χ0n) is 11.3. The molecule has 0 saturated carbocycles. The van der Waals surface area contributed by atoms with Gasteiger partial charge in [0.1, 0.15) is 0 Å². The number of hydrogen-bond donors (Lipinski definition) is 1. The first-order valence-corrected chi connectivity index (χ1v) is 6.25. The Labute approximate surface area is 111 Å². The summed E-state index contributed by atoms with van der Waals surface area (Å²) in [5.74, 6) is 0. The number of nitrogens with two attached hydrogens (primary N) is 1. The minimum absolute atomic E-state index is 0.772. The summed E-state index contributed by atoms with van der Waals surface area (Å²) in [5, 5.41) is 10.7. The van der Waals surface area contributed by atoms with Crippen molar-refractivity contribution in [1.29, 1.82) is 0 Å². The number of anilines is 1. The van der Waals surface area contributed by atoms with Crippen LogP contribution in [0.25, 0.3) is 16.5 Å². The monoisotopic (exact) mass is 252 g/mol. The molecule has 2 heterocycles. The molecule has 0 atom stereocenters. The van der Waals surface area contributed by atoms with Crippen LogP contribution in [0.5, 0.6) is 0 Å². The van der Waals surface area contributed by atoms with E-state index in [9.17, 15) is 0 Å². The van der Waals surface area contributed by atoms with Gasteiger partial charge in [-0.1, -0.05) is 0 Å². The van der Waals surface area contributed by atoms with Gasteiger partial charge in [-0.05, 0) is 45.0 Å². The average molecular weight is 252 g/mol. The maximum Gasteiger partial charge on any atom is 0.0696 e. The maximum atomic E-state index is 5.74. The van der Waals surface area contributed by atoms with Crippen molar-refractivity contribution in [2.24, 2.45) is 0 Å². The minimum atomic E-state index is 0.772. The SMILES string of the molecule is Cc1nnc(C)c2c(C)n(-c3ccc(N)cc3)cc12. The summed E-state index contributed by atoms with van der Waals surface area (Å²) in [7, 11) is 0. The standard InChI is InChI=1S/C15H16N4/c1-9-14-8-19(13-6-4-12(16)5-7-13)11(3)15(14)10(2)18-17-9/h4-8H,16H2,1-3H3. The second kappa shape index (κ2) is 4.09. The molecule has 0 aliphatic rings. The van der Waals surface area contributed by atoms with E-state index >= 15 is 0 Å². The molecule has 0 bridgehead atoms. The molecule has 19 heavy (non-hydrogen) atoms. The van der Waals surface area contributed by atoms with Crippen molar-refractivity contribution in [3.63, 3.8) is 0 Å². The molecule has 1 aromatic carbocycles. The van der Waals surface area contributed by atoms with Gasteiger partial charge in [0, 0.05) is 34.0 Å². The molecule has 0 aliphatic heterocycles. The highest BCUT2D eigenvalue weighted by atomic mass is 15.1. The fourth-order valence-electron chi connectivity index (χ4n) is 2.49. The highest BCUT2D eigenvalue weighted by Crippen LogP contribution is 2.27. The lowest BCUT2D eigenvalue weighted by molar-refractivity contribution is 0.964. The Bertz CT molecular complexity index is 754. The molecular weight excluding hydrogens is 236 g/mol. The number of hydrogen-bond acceptors (Lipinski definition) is 3. The largest absolute Gasteiger partial charge is 0.399 e. The summed E-state index contributed by atoms with van der Waals surface area (Å²) in [6.45, 7) is 6.09. The third kappa shape index (κ3) is 1.76. The Morgan fingerprint density at radius 2 is 1.58 bits per heavy atom. The number of benzene rings is 1. The molecular formula is C15H16N4. The molecule has 0 radical (unpaired) electrons. The molecule has 2 aromatic heterocycles. The Morgan fingerprint density at radius 3 is 2.21 bits per heavy atom. The molecule has 3 aromatic rings. The molecule has 96 valence electrons. The Hall–Kier alpha value is -2.36.